The zero-order valence-electron chi connectivity index (χ0n) is 22.6. The molecular formula is C29H28ClN5O5. The number of methoxy groups -OCH3 is 4. The molecule has 40 heavy (non-hydrogen) atoms. The van der Waals surface area contributed by atoms with Gasteiger partial charge in [0.2, 0.25) is 5.95 Å². The molecule has 1 aromatic heterocycles. The number of carbonyl (C=O) groups excluding carboxylic acids is 1. The summed E-state index contributed by atoms with van der Waals surface area (Å²) in [6.07, 6.45) is 0. The highest BCUT2D eigenvalue weighted by Gasteiger charge is 2.37. The Labute approximate surface area is 236 Å². The minimum absolute atomic E-state index is 0.356. The summed E-state index contributed by atoms with van der Waals surface area (Å²) in [6, 6.07) is 17.2. The number of fused-ring (bicyclic) bond motifs is 1. The number of anilines is 2. The van der Waals surface area contributed by atoms with Gasteiger partial charge in [0.25, 0.3) is 5.91 Å². The van der Waals surface area contributed by atoms with Crippen LogP contribution in [0.15, 0.2) is 71.9 Å². The van der Waals surface area contributed by atoms with Gasteiger partial charge in [-0.2, -0.15) is 4.98 Å². The summed E-state index contributed by atoms with van der Waals surface area (Å²) in [5, 5.41) is 11.7. The highest BCUT2D eigenvalue weighted by atomic mass is 35.5. The molecule has 3 aromatic carbocycles. The lowest BCUT2D eigenvalue weighted by Crippen LogP contribution is -2.32. The molecule has 206 valence electrons. The average Bonchev–Trinajstić information content (AvgIpc) is 3.39. The number of amides is 1. The van der Waals surface area contributed by atoms with Crippen molar-refractivity contribution >= 4 is 29.1 Å². The van der Waals surface area contributed by atoms with E-state index in [4.69, 9.17) is 40.6 Å². The molecule has 0 spiro atoms. The summed E-state index contributed by atoms with van der Waals surface area (Å²) in [6.45, 7) is 1.82. The van der Waals surface area contributed by atoms with E-state index in [2.05, 4.69) is 10.6 Å². The van der Waals surface area contributed by atoms with Gasteiger partial charge in [-0.15, -0.1) is 5.10 Å². The van der Waals surface area contributed by atoms with Crippen LogP contribution in [0.4, 0.5) is 11.6 Å². The largest absolute Gasteiger partial charge is 0.496 e. The third-order valence-corrected chi connectivity index (χ3v) is 6.84. The van der Waals surface area contributed by atoms with Gasteiger partial charge in [-0.3, -0.25) is 4.79 Å². The SMILES string of the molecule is COc1ccccc1NC(=O)C1=C(C)Nc2nc(-c3ccc(Cl)cc3)nn2C1c1cc(OC)c(OC)cc1OC. The van der Waals surface area contributed by atoms with Crippen molar-refractivity contribution in [3.05, 3.63) is 82.5 Å². The minimum Gasteiger partial charge on any atom is -0.496 e. The lowest BCUT2D eigenvalue weighted by atomic mass is 9.93. The van der Waals surface area contributed by atoms with Gasteiger partial charge >= 0.3 is 0 Å². The van der Waals surface area contributed by atoms with E-state index >= 15 is 0 Å². The van der Waals surface area contributed by atoms with E-state index in [-0.39, 0.29) is 5.91 Å². The molecule has 0 bridgehead atoms. The first-order valence-corrected chi connectivity index (χ1v) is 12.7. The Balaban J connectivity index is 1.69. The third-order valence-electron chi connectivity index (χ3n) is 6.59. The van der Waals surface area contributed by atoms with Crippen molar-refractivity contribution < 1.29 is 23.7 Å². The molecular weight excluding hydrogens is 534 g/mol. The second-order valence-electron chi connectivity index (χ2n) is 8.88. The summed E-state index contributed by atoms with van der Waals surface area (Å²) in [4.78, 5) is 18.7. The van der Waals surface area contributed by atoms with E-state index in [0.717, 1.165) is 5.56 Å². The van der Waals surface area contributed by atoms with Crippen molar-refractivity contribution in [3.63, 3.8) is 0 Å². The molecule has 1 aliphatic rings. The van der Waals surface area contributed by atoms with Crippen LogP contribution in [0, 0.1) is 0 Å². The summed E-state index contributed by atoms with van der Waals surface area (Å²) < 4.78 is 24.0. The maximum atomic E-state index is 14.0. The number of rotatable bonds is 8. The Morgan fingerprint density at radius 2 is 1.55 bits per heavy atom. The van der Waals surface area contributed by atoms with Crippen LogP contribution in [0.5, 0.6) is 23.0 Å². The van der Waals surface area contributed by atoms with Crippen LogP contribution in [0.25, 0.3) is 11.4 Å². The fraction of sp³-hybridized carbons (Fsp3) is 0.207. The van der Waals surface area contributed by atoms with Crippen molar-refractivity contribution in [3.8, 4) is 34.4 Å². The molecule has 1 aliphatic heterocycles. The lowest BCUT2D eigenvalue weighted by Gasteiger charge is -2.30. The standard InChI is InChI=1S/C29H28ClN5O5/c1-16-25(28(36)32-20-8-6-7-9-21(20)37-2)26(19-14-23(39-4)24(40-5)15-22(19)38-3)35-29(31-16)33-27(34-35)17-10-12-18(30)13-11-17/h6-15,26H,1-5H3,(H,32,36)(H,31,33,34). The molecule has 0 saturated heterocycles. The number of hydrogen-bond donors (Lipinski definition) is 2. The van der Waals surface area contributed by atoms with E-state index in [0.29, 0.717) is 62.3 Å². The molecule has 4 aromatic rings. The summed E-state index contributed by atoms with van der Waals surface area (Å²) >= 11 is 6.10. The number of hydrogen-bond acceptors (Lipinski definition) is 8. The Hall–Kier alpha value is -4.70. The van der Waals surface area contributed by atoms with E-state index in [1.54, 1.807) is 69.5 Å². The molecule has 0 radical (unpaired) electrons. The van der Waals surface area contributed by atoms with Crippen LogP contribution in [0.3, 0.4) is 0 Å². The van der Waals surface area contributed by atoms with E-state index in [1.807, 2.05) is 31.2 Å². The third kappa shape index (κ3) is 4.89. The van der Waals surface area contributed by atoms with Gasteiger partial charge in [-0.1, -0.05) is 23.7 Å². The first-order valence-electron chi connectivity index (χ1n) is 12.3. The molecule has 1 atom stereocenters. The van der Waals surface area contributed by atoms with E-state index in [9.17, 15) is 4.79 Å². The van der Waals surface area contributed by atoms with Crippen LogP contribution in [-0.4, -0.2) is 49.1 Å². The van der Waals surface area contributed by atoms with Gasteiger partial charge in [-0.25, -0.2) is 4.68 Å². The number of para-hydroxylation sites is 2. The number of ether oxygens (including phenoxy) is 4. The van der Waals surface area contributed by atoms with Crippen LogP contribution in [0.2, 0.25) is 5.02 Å². The second kappa shape index (κ2) is 11.2. The van der Waals surface area contributed by atoms with Crippen molar-refractivity contribution in [1.82, 2.24) is 14.8 Å². The number of carbonyl (C=O) groups is 1. The predicted molar refractivity (Wildman–Crippen MR) is 153 cm³/mol. The van der Waals surface area contributed by atoms with Crippen molar-refractivity contribution in [2.24, 2.45) is 0 Å². The molecule has 2 N–H and O–H groups in total. The molecule has 1 amide bonds. The number of benzene rings is 3. The van der Waals surface area contributed by atoms with Gasteiger partial charge < -0.3 is 29.6 Å². The monoisotopic (exact) mass is 561 g/mol. The highest BCUT2D eigenvalue weighted by molar-refractivity contribution is 6.30. The molecule has 2 heterocycles. The number of halogens is 1. The Morgan fingerprint density at radius 1 is 0.900 bits per heavy atom. The number of nitrogens with one attached hydrogen (secondary N) is 2. The smallest absolute Gasteiger partial charge is 0.255 e. The van der Waals surface area contributed by atoms with Crippen molar-refractivity contribution in [1.29, 1.82) is 0 Å². The van der Waals surface area contributed by atoms with Crippen LogP contribution < -0.4 is 29.6 Å². The predicted octanol–water partition coefficient (Wildman–Crippen LogP) is 5.56. The van der Waals surface area contributed by atoms with Crippen molar-refractivity contribution in [2.75, 3.05) is 39.1 Å². The first-order chi connectivity index (χ1) is 19.4. The van der Waals surface area contributed by atoms with Gasteiger partial charge in [0.15, 0.2) is 17.3 Å². The minimum atomic E-state index is -0.741. The van der Waals surface area contributed by atoms with Crippen LogP contribution in [0.1, 0.15) is 18.5 Å². The van der Waals surface area contributed by atoms with Gasteiger partial charge in [0, 0.05) is 27.9 Å². The van der Waals surface area contributed by atoms with Crippen LogP contribution in [-0.2, 0) is 4.79 Å². The van der Waals surface area contributed by atoms with E-state index in [1.165, 1.54) is 0 Å². The maximum absolute atomic E-state index is 14.0. The molecule has 0 aliphatic carbocycles. The molecule has 0 fully saturated rings. The van der Waals surface area contributed by atoms with E-state index < -0.39 is 6.04 Å². The zero-order valence-corrected chi connectivity index (χ0v) is 23.4. The number of allylic oxidation sites excluding steroid dienone is 1. The highest BCUT2D eigenvalue weighted by Crippen LogP contribution is 2.44. The normalized spacial score (nSPS) is 14.2. The lowest BCUT2D eigenvalue weighted by molar-refractivity contribution is -0.113. The van der Waals surface area contributed by atoms with Crippen LogP contribution >= 0.6 is 11.6 Å². The van der Waals surface area contributed by atoms with Crippen molar-refractivity contribution in [2.45, 2.75) is 13.0 Å². The average molecular weight is 562 g/mol. The number of nitrogens with zero attached hydrogens (tertiary/aromatic N) is 3. The summed E-state index contributed by atoms with van der Waals surface area (Å²) in [5.74, 6) is 2.53. The van der Waals surface area contributed by atoms with Gasteiger partial charge in [0.05, 0.1) is 39.7 Å². The Kier molecular flexibility index (Phi) is 7.52. The van der Waals surface area contributed by atoms with Gasteiger partial charge in [0.1, 0.15) is 17.5 Å². The molecule has 5 rings (SSSR count). The fourth-order valence-electron chi connectivity index (χ4n) is 4.66. The topological polar surface area (TPSA) is 109 Å². The summed E-state index contributed by atoms with van der Waals surface area (Å²) in [7, 11) is 6.20. The summed E-state index contributed by atoms with van der Waals surface area (Å²) in [5.41, 5.74) is 2.91. The molecule has 1 unspecified atom stereocenters. The molecule has 11 heteroatoms. The Bertz CT molecular complexity index is 1600. The quantitative estimate of drug-likeness (QED) is 0.288. The fourth-order valence-corrected chi connectivity index (χ4v) is 4.78. The zero-order chi connectivity index (χ0) is 28.4. The molecule has 10 nitrogen and oxygen atoms in total. The maximum Gasteiger partial charge on any atom is 0.255 e. The molecule has 0 saturated carbocycles. The first kappa shape index (κ1) is 26.9. The second-order valence-corrected chi connectivity index (χ2v) is 9.32. The Morgan fingerprint density at radius 3 is 2.23 bits per heavy atom. The van der Waals surface area contributed by atoms with Gasteiger partial charge in [-0.05, 0) is 49.4 Å². The number of aromatic nitrogens is 3.